The molecule has 0 spiro atoms. The van der Waals surface area contributed by atoms with Gasteiger partial charge in [0.25, 0.3) is 0 Å². The van der Waals surface area contributed by atoms with Crippen LogP contribution in [0.3, 0.4) is 0 Å². The average molecular weight is 266 g/mol. The fourth-order valence-electron chi connectivity index (χ4n) is 2.71. The van der Waals surface area contributed by atoms with Crippen LogP contribution >= 0.6 is 0 Å². The highest BCUT2D eigenvalue weighted by Crippen LogP contribution is 2.23. The third-order valence-corrected chi connectivity index (χ3v) is 21.0. The summed E-state index contributed by atoms with van der Waals surface area (Å²) in [6.45, 7) is 17.1. The zero-order valence-electron chi connectivity index (χ0n) is 12.2. The molecule has 1 aromatic rings. The van der Waals surface area contributed by atoms with Crippen molar-refractivity contribution in [3.05, 3.63) is 30.3 Å². The maximum absolute atomic E-state index is 2.76. The first kappa shape index (κ1) is 14.7. The van der Waals surface area contributed by atoms with Crippen LogP contribution in [0.5, 0.6) is 0 Å². The fraction of sp³-hybridized carbons (Fsp3) is 0.571. The van der Waals surface area contributed by atoms with Gasteiger partial charge in [-0.25, -0.2) is 0 Å². The van der Waals surface area contributed by atoms with Gasteiger partial charge in [0.1, 0.15) is 7.75 Å². The smallest absolute Gasteiger partial charge is 0.145 e. The van der Waals surface area contributed by atoms with Gasteiger partial charge in [-0.2, -0.15) is 0 Å². The van der Waals surface area contributed by atoms with Crippen LogP contribution in [0.25, 0.3) is 0 Å². The van der Waals surface area contributed by atoms with Crippen molar-refractivity contribution in [2.75, 3.05) is 13.1 Å². The molecule has 96 valence electrons. The minimum atomic E-state index is -1.48. The molecule has 3 heteroatoms. The van der Waals surface area contributed by atoms with Crippen LogP contribution in [0.1, 0.15) is 13.8 Å². The number of nitrogens with zero attached hydrogens (tertiary/aromatic N) is 1. The molecular weight excluding hydrogens is 238 g/mol. The average Bonchev–Trinajstić information content (AvgIpc) is 2.30. The minimum absolute atomic E-state index is 1.18. The van der Waals surface area contributed by atoms with Crippen LogP contribution in [0.4, 0.5) is 0 Å². The Morgan fingerprint density at radius 1 is 0.882 bits per heavy atom. The van der Waals surface area contributed by atoms with Crippen LogP contribution in [0.2, 0.25) is 26.2 Å². The third kappa shape index (κ3) is 2.72. The number of benzene rings is 1. The van der Waals surface area contributed by atoms with Crippen LogP contribution in [0, 0.1) is 0 Å². The van der Waals surface area contributed by atoms with Gasteiger partial charge < -0.3 is 4.57 Å². The lowest BCUT2D eigenvalue weighted by Gasteiger charge is -2.47. The van der Waals surface area contributed by atoms with Crippen molar-refractivity contribution in [2.45, 2.75) is 40.0 Å². The van der Waals surface area contributed by atoms with Crippen molar-refractivity contribution in [3.63, 3.8) is 0 Å². The molecule has 1 nitrogen and oxygen atoms in total. The van der Waals surface area contributed by atoms with Crippen molar-refractivity contribution >= 4 is 20.5 Å². The molecular formula is C14H27NSi2. The molecule has 0 aromatic heterocycles. The fourth-order valence-corrected chi connectivity index (χ4v) is 13.9. The topological polar surface area (TPSA) is 3.24 Å². The van der Waals surface area contributed by atoms with Crippen LogP contribution in [-0.2, 0) is 0 Å². The lowest BCUT2D eigenvalue weighted by atomic mass is 10.4. The highest BCUT2D eigenvalue weighted by molar-refractivity contribution is 7.44. The molecule has 0 radical (unpaired) electrons. The summed E-state index contributed by atoms with van der Waals surface area (Å²) in [5.74, 6) is 0. The Morgan fingerprint density at radius 3 is 1.71 bits per heavy atom. The standard InChI is InChI=1S/C14H27NSi2/c1-7-15(8-2)17(6,16(3,4)5)14-12-10-9-11-13-14/h9-13H,7-8H2,1-6H3. The molecule has 0 amide bonds. The number of rotatable bonds is 5. The minimum Gasteiger partial charge on any atom is -0.323 e. The molecule has 17 heavy (non-hydrogen) atoms. The summed E-state index contributed by atoms with van der Waals surface area (Å²) in [6.07, 6.45) is 0. The molecule has 0 heterocycles. The molecule has 0 saturated heterocycles. The largest absolute Gasteiger partial charge is 0.323 e. The SMILES string of the molecule is CCN(CC)[Si](C)(c1ccccc1)[Si](C)(C)C. The van der Waals surface area contributed by atoms with Crippen molar-refractivity contribution < 1.29 is 0 Å². The van der Waals surface area contributed by atoms with E-state index >= 15 is 0 Å². The van der Waals surface area contributed by atoms with E-state index in [-0.39, 0.29) is 0 Å². The van der Waals surface area contributed by atoms with E-state index in [9.17, 15) is 0 Å². The quantitative estimate of drug-likeness (QED) is 0.739. The van der Waals surface area contributed by atoms with Crippen molar-refractivity contribution in [2.24, 2.45) is 0 Å². The first-order valence-corrected chi connectivity index (χ1v) is 13.6. The zero-order valence-corrected chi connectivity index (χ0v) is 14.2. The van der Waals surface area contributed by atoms with Gasteiger partial charge in [0.2, 0.25) is 0 Å². The molecule has 0 aliphatic carbocycles. The third-order valence-electron chi connectivity index (χ3n) is 4.19. The zero-order chi connectivity index (χ0) is 13.1. The van der Waals surface area contributed by atoms with Crippen LogP contribution in [-0.4, -0.2) is 33.0 Å². The van der Waals surface area contributed by atoms with Gasteiger partial charge in [0.05, 0.1) is 7.59 Å². The van der Waals surface area contributed by atoms with Gasteiger partial charge in [-0.15, -0.1) is 0 Å². The lowest BCUT2D eigenvalue weighted by Crippen LogP contribution is -2.73. The second-order valence-electron chi connectivity index (χ2n) is 5.86. The van der Waals surface area contributed by atoms with Crippen molar-refractivity contribution in [1.29, 1.82) is 0 Å². The summed E-state index contributed by atoms with van der Waals surface area (Å²) < 4.78 is 2.76. The lowest BCUT2D eigenvalue weighted by molar-refractivity contribution is 0.480. The first-order valence-electron chi connectivity index (χ1n) is 6.68. The van der Waals surface area contributed by atoms with Gasteiger partial charge in [-0.3, -0.25) is 0 Å². The van der Waals surface area contributed by atoms with Crippen LogP contribution in [0.15, 0.2) is 30.3 Å². The summed E-state index contributed by atoms with van der Waals surface area (Å²) in [5.41, 5.74) is 0. The molecule has 0 saturated carbocycles. The highest BCUT2D eigenvalue weighted by atomic mass is 29.3. The van der Waals surface area contributed by atoms with E-state index < -0.39 is 15.3 Å². The van der Waals surface area contributed by atoms with Crippen LogP contribution < -0.4 is 5.19 Å². The second-order valence-corrected chi connectivity index (χ2v) is 21.1. The Hall–Kier alpha value is -0.386. The van der Waals surface area contributed by atoms with E-state index in [2.05, 4.69) is 74.9 Å². The Labute approximate surface area is 109 Å². The van der Waals surface area contributed by atoms with Gasteiger partial charge >= 0.3 is 0 Å². The van der Waals surface area contributed by atoms with Crippen molar-refractivity contribution in [1.82, 2.24) is 4.57 Å². The molecule has 1 atom stereocenters. The van der Waals surface area contributed by atoms with Gasteiger partial charge in [0, 0.05) is 0 Å². The summed E-state index contributed by atoms with van der Waals surface area (Å²) in [4.78, 5) is 0. The molecule has 0 fully saturated rings. The summed E-state index contributed by atoms with van der Waals surface area (Å²) >= 11 is 0. The molecule has 1 aromatic carbocycles. The maximum atomic E-state index is 2.76. The molecule has 0 aliphatic rings. The Morgan fingerprint density at radius 2 is 1.35 bits per heavy atom. The summed E-state index contributed by atoms with van der Waals surface area (Å²) in [5, 5.41) is 1.61. The van der Waals surface area contributed by atoms with E-state index in [1.165, 1.54) is 13.1 Å². The van der Waals surface area contributed by atoms with E-state index in [0.717, 1.165) is 0 Å². The predicted octanol–water partition coefficient (Wildman–Crippen LogP) is 3.23. The van der Waals surface area contributed by atoms with Gasteiger partial charge in [0.15, 0.2) is 0 Å². The molecule has 0 N–H and O–H groups in total. The normalized spacial score (nSPS) is 15.9. The first-order chi connectivity index (χ1) is 7.87. The summed E-state index contributed by atoms with van der Waals surface area (Å²) in [6, 6.07) is 11.2. The maximum Gasteiger partial charge on any atom is 0.145 e. The Balaban J connectivity index is 3.30. The molecule has 0 aliphatic heterocycles. The van der Waals surface area contributed by atoms with Gasteiger partial charge in [-0.05, 0) is 18.3 Å². The Bertz CT molecular complexity index is 341. The van der Waals surface area contributed by atoms with E-state index in [1.807, 2.05) is 0 Å². The second kappa shape index (κ2) is 5.50. The van der Waals surface area contributed by atoms with Gasteiger partial charge in [-0.1, -0.05) is 70.4 Å². The van der Waals surface area contributed by atoms with E-state index in [0.29, 0.717) is 0 Å². The van der Waals surface area contributed by atoms with E-state index in [4.69, 9.17) is 0 Å². The summed E-state index contributed by atoms with van der Waals surface area (Å²) in [7, 11) is -2.68. The molecule has 1 rings (SSSR count). The number of hydrogen-bond donors (Lipinski definition) is 0. The Kier molecular flexibility index (Phi) is 4.75. The highest BCUT2D eigenvalue weighted by Gasteiger charge is 2.46. The number of hydrogen-bond acceptors (Lipinski definition) is 1. The van der Waals surface area contributed by atoms with E-state index in [1.54, 1.807) is 5.19 Å². The molecule has 0 bridgehead atoms. The van der Waals surface area contributed by atoms with Crippen molar-refractivity contribution in [3.8, 4) is 0 Å². The molecule has 1 unspecified atom stereocenters. The monoisotopic (exact) mass is 265 g/mol. The predicted molar refractivity (Wildman–Crippen MR) is 84.0 cm³/mol.